The minimum atomic E-state index is -0.497. The van der Waals surface area contributed by atoms with Gasteiger partial charge in [0.1, 0.15) is 5.75 Å². The Balaban J connectivity index is 1.33. The summed E-state index contributed by atoms with van der Waals surface area (Å²) in [6, 6.07) is 13.0. The number of ether oxygens (including phenoxy) is 1. The van der Waals surface area contributed by atoms with Crippen LogP contribution in [0.4, 0.5) is 5.69 Å². The molecule has 2 aromatic carbocycles. The van der Waals surface area contributed by atoms with Gasteiger partial charge in [-0.2, -0.15) is 5.10 Å². The maximum Gasteiger partial charge on any atom is 0.269 e. The number of non-ortho nitro benzene ring substituents is 1. The fraction of sp³-hybridized carbons (Fsp3) is 0.310. The number of benzene rings is 2. The first-order chi connectivity index (χ1) is 19.7. The van der Waals surface area contributed by atoms with Crippen LogP contribution in [0, 0.1) is 10.1 Å². The van der Waals surface area contributed by atoms with Crippen molar-refractivity contribution in [3.63, 3.8) is 0 Å². The number of nitro groups is 1. The highest BCUT2D eigenvalue weighted by molar-refractivity contribution is 7.12. The van der Waals surface area contributed by atoms with Crippen LogP contribution in [-0.2, 0) is 0 Å². The summed E-state index contributed by atoms with van der Waals surface area (Å²) in [7, 11) is 1.63. The van der Waals surface area contributed by atoms with Crippen molar-refractivity contribution < 1.29 is 19.2 Å². The van der Waals surface area contributed by atoms with Gasteiger partial charge in [0.2, 0.25) is 5.13 Å². The maximum atomic E-state index is 13.7. The number of carbonyl (C=O) groups is 2. The van der Waals surface area contributed by atoms with Crippen molar-refractivity contribution in [3.8, 4) is 22.1 Å². The lowest BCUT2D eigenvalue weighted by atomic mass is 10.0. The van der Waals surface area contributed by atoms with Gasteiger partial charge in [-0.1, -0.05) is 26.0 Å². The molecule has 0 radical (unpaired) electrons. The normalized spacial score (nSPS) is 15.3. The highest BCUT2D eigenvalue weighted by atomic mass is 32.1. The smallest absolute Gasteiger partial charge is 0.269 e. The van der Waals surface area contributed by atoms with E-state index in [2.05, 4.69) is 5.10 Å². The summed E-state index contributed by atoms with van der Waals surface area (Å²) in [5.74, 6) is 0.392. The van der Waals surface area contributed by atoms with Gasteiger partial charge >= 0.3 is 0 Å². The number of methoxy groups -OCH3 is 1. The number of nitro benzene ring substituents is 1. The lowest BCUT2D eigenvalue weighted by Gasteiger charge is -2.40. The molecule has 1 unspecified atom stereocenters. The molecule has 212 valence electrons. The van der Waals surface area contributed by atoms with E-state index in [1.165, 1.54) is 35.6 Å². The van der Waals surface area contributed by atoms with E-state index in [0.717, 1.165) is 22.7 Å². The third kappa shape index (κ3) is 5.55. The molecular weight excluding hydrogens is 544 g/mol. The van der Waals surface area contributed by atoms with Gasteiger partial charge in [-0.25, -0.2) is 9.67 Å². The molecule has 4 aromatic rings. The number of hydrogen-bond donors (Lipinski definition) is 0. The second-order valence-corrected chi connectivity index (χ2v) is 11.0. The average molecular weight is 575 g/mol. The molecule has 0 N–H and O–H groups in total. The van der Waals surface area contributed by atoms with Crippen LogP contribution in [0.15, 0.2) is 60.1 Å². The predicted octanol–water partition coefficient (Wildman–Crippen LogP) is 5.02. The maximum absolute atomic E-state index is 13.7. The van der Waals surface area contributed by atoms with Gasteiger partial charge in [-0.05, 0) is 37.1 Å². The molecule has 1 aliphatic rings. The zero-order valence-electron chi connectivity index (χ0n) is 23.2. The van der Waals surface area contributed by atoms with Crippen molar-refractivity contribution in [3.05, 3.63) is 87.0 Å². The largest absolute Gasteiger partial charge is 0.497 e. The van der Waals surface area contributed by atoms with E-state index >= 15 is 0 Å². The summed E-state index contributed by atoms with van der Waals surface area (Å²) in [6.07, 6.45) is 1.60. The molecule has 1 aliphatic heterocycles. The average Bonchev–Trinajstić information content (AvgIpc) is 3.64. The topological polar surface area (TPSA) is 124 Å². The molecule has 2 amide bonds. The van der Waals surface area contributed by atoms with Crippen LogP contribution in [-0.4, -0.2) is 74.1 Å². The lowest BCUT2D eigenvalue weighted by molar-refractivity contribution is -0.384. The van der Waals surface area contributed by atoms with Crippen LogP contribution in [0.1, 0.15) is 53.1 Å². The van der Waals surface area contributed by atoms with E-state index in [-0.39, 0.29) is 29.5 Å². The number of nitrogens with zero attached hydrogens (tertiary/aromatic N) is 6. The third-order valence-electron chi connectivity index (χ3n) is 7.12. The second kappa shape index (κ2) is 11.5. The molecule has 0 bridgehead atoms. The minimum absolute atomic E-state index is 0.00282. The first-order valence-electron chi connectivity index (χ1n) is 13.2. The van der Waals surface area contributed by atoms with Gasteiger partial charge in [-0.15, -0.1) is 11.3 Å². The molecule has 2 aromatic heterocycles. The van der Waals surface area contributed by atoms with Crippen LogP contribution in [0.25, 0.3) is 16.4 Å². The standard InChI is InChI=1S/C29H30N6O5S/c1-18(2)26-24(15-30-34(26)29-31-25(17-41-29)21-6-5-7-23(14-21)40-4)28(37)32-12-13-33(19(3)16-32)27(36)20-8-10-22(11-9-20)35(38)39/h5-11,14-15,17-19H,12-13,16H2,1-4H3. The fourth-order valence-electron chi connectivity index (χ4n) is 5.01. The Morgan fingerprint density at radius 1 is 1.12 bits per heavy atom. The molecule has 5 rings (SSSR count). The zero-order chi connectivity index (χ0) is 29.3. The Bertz CT molecular complexity index is 1600. The van der Waals surface area contributed by atoms with Crippen molar-refractivity contribution >= 4 is 28.8 Å². The van der Waals surface area contributed by atoms with Crippen molar-refractivity contribution in [1.82, 2.24) is 24.6 Å². The van der Waals surface area contributed by atoms with Crippen molar-refractivity contribution in [2.45, 2.75) is 32.7 Å². The molecule has 12 heteroatoms. The Hall–Kier alpha value is -4.58. The van der Waals surface area contributed by atoms with Crippen LogP contribution in [0.3, 0.4) is 0 Å². The van der Waals surface area contributed by atoms with Gasteiger partial charge < -0.3 is 14.5 Å². The molecule has 1 saturated heterocycles. The number of piperazine rings is 1. The molecule has 0 spiro atoms. The number of hydrogen-bond acceptors (Lipinski definition) is 8. The second-order valence-electron chi connectivity index (χ2n) is 10.2. The van der Waals surface area contributed by atoms with E-state index < -0.39 is 4.92 Å². The van der Waals surface area contributed by atoms with Crippen LogP contribution >= 0.6 is 11.3 Å². The first-order valence-corrected chi connectivity index (χ1v) is 14.1. The molecule has 0 aliphatic carbocycles. The molecule has 0 saturated carbocycles. The van der Waals surface area contributed by atoms with Crippen LogP contribution in [0.5, 0.6) is 5.75 Å². The molecule has 1 atom stereocenters. The summed E-state index contributed by atoms with van der Waals surface area (Å²) in [5, 5.41) is 18.1. The van der Waals surface area contributed by atoms with Gasteiger partial charge in [0, 0.05) is 54.3 Å². The minimum Gasteiger partial charge on any atom is -0.497 e. The summed E-state index contributed by atoms with van der Waals surface area (Å²) in [5.41, 5.74) is 3.32. The number of amides is 2. The highest BCUT2D eigenvalue weighted by Crippen LogP contribution is 2.30. The van der Waals surface area contributed by atoms with Gasteiger partial charge in [0.25, 0.3) is 17.5 Å². The van der Waals surface area contributed by atoms with E-state index in [0.29, 0.717) is 35.9 Å². The summed E-state index contributed by atoms with van der Waals surface area (Å²) in [4.78, 5) is 45.5. The van der Waals surface area contributed by atoms with Crippen molar-refractivity contribution in [2.24, 2.45) is 0 Å². The number of rotatable bonds is 7. The summed E-state index contributed by atoms with van der Waals surface area (Å²) in [6.45, 7) is 7.00. The van der Waals surface area contributed by atoms with Crippen molar-refractivity contribution in [2.75, 3.05) is 26.7 Å². The van der Waals surface area contributed by atoms with Crippen LogP contribution in [0.2, 0.25) is 0 Å². The van der Waals surface area contributed by atoms with E-state index in [1.807, 2.05) is 50.4 Å². The number of thiazole rings is 1. The van der Waals surface area contributed by atoms with Gasteiger partial charge in [0.15, 0.2) is 0 Å². The van der Waals surface area contributed by atoms with Crippen LogP contribution < -0.4 is 4.74 Å². The van der Waals surface area contributed by atoms with Gasteiger partial charge in [-0.3, -0.25) is 19.7 Å². The van der Waals surface area contributed by atoms with Crippen molar-refractivity contribution in [1.29, 1.82) is 0 Å². The summed E-state index contributed by atoms with van der Waals surface area (Å²) >= 11 is 1.45. The third-order valence-corrected chi connectivity index (χ3v) is 7.94. The Morgan fingerprint density at radius 2 is 1.88 bits per heavy atom. The van der Waals surface area contributed by atoms with E-state index in [1.54, 1.807) is 27.8 Å². The summed E-state index contributed by atoms with van der Waals surface area (Å²) < 4.78 is 7.08. The molecular formula is C29H30N6O5S. The molecule has 41 heavy (non-hydrogen) atoms. The van der Waals surface area contributed by atoms with E-state index in [4.69, 9.17) is 9.72 Å². The van der Waals surface area contributed by atoms with Gasteiger partial charge in [0.05, 0.1) is 35.2 Å². The monoisotopic (exact) mass is 574 g/mol. The Morgan fingerprint density at radius 3 is 2.54 bits per heavy atom. The Kier molecular flexibility index (Phi) is 7.84. The van der Waals surface area contributed by atoms with E-state index in [9.17, 15) is 19.7 Å². The highest BCUT2D eigenvalue weighted by Gasteiger charge is 2.33. The SMILES string of the molecule is COc1cccc(-c2csc(-n3ncc(C(=O)N4CCN(C(=O)c5ccc([N+](=O)[O-])cc5)C(C)C4)c3C(C)C)n2)c1. The quantitative estimate of drug-likeness (QED) is 0.224. The lowest BCUT2D eigenvalue weighted by Crippen LogP contribution is -2.55. The fourth-order valence-corrected chi connectivity index (χ4v) is 5.82. The predicted molar refractivity (Wildman–Crippen MR) is 155 cm³/mol. The molecule has 3 heterocycles. The Labute approximate surface area is 241 Å². The molecule has 11 nitrogen and oxygen atoms in total. The molecule has 1 fully saturated rings. The zero-order valence-corrected chi connectivity index (χ0v) is 24.0. The number of aromatic nitrogens is 3. The first kappa shape index (κ1) is 28.0. The number of carbonyl (C=O) groups excluding carboxylic acids is 2.